The van der Waals surface area contributed by atoms with Crippen molar-refractivity contribution in [3.8, 4) is 0 Å². The highest BCUT2D eigenvalue weighted by atomic mass is 19.4. The molecule has 1 fully saturated rings. The van der Waals surface area contributed by atoms with Crippen molar-refractivity contribution >= 4 is 11.7 Å². The third kappa shape index (κ3) is 3.68. The number of carboxylic acids is 1. The molecule has 2 atom stereocenters. The summed E-state index contributed by atoms with van der Waals surface area (Å²) < 4.78 is 38.3. The van der Waals surface area contributed by atoms with Crippen LogP contribution in [0.15, 0.2) is 18.2 Å². The first-order valence-electron chi connectivity index (χ1n) is 7.00. The fourth-order valence-electron chi connectivity index (χ4n) is 2.76. The Hall–Kier alpha value is -1.72. The van der Waals surface area contributed by atoms with Crippen LogP contribution in [0.2, 0.25) is 0 Å². The van der Waals surface area contributed by atoms with Gasteiger partial charge in [0.1, 0.15) is 0 Å². The number of nitrogens with one attached hydrogen (secondary N) is 1. The molecule has 1 aromatic carbocycles. The average molecular weight is 301 g/mol. The van der Waals surface area contributed by atoms with Crippen LogP contribution in [0.4, 0.5) is 18.9 Å². The van der Waals surface area contributed by atoms with Gasteiger partial charge in [-0.3, -0.25) is 0 Å². The number of carbonyl (C=O) groups is 1. The Morgan fingerprint density at radius 1 is 1.29 bits per heavy atom. The minimum absolute atomic E-state index is 0.0142. The Labute approximate surface area is 121 Å². The molecule has 2 rings (SSSR count). The van der Waals surface area contributed by atoms with E-state index in [0.29, 0.717) is 5.92 Å². The van der Waals surface area contributed by atoms with Gasteiger partial charge in [-0.25, -0.2) is 4.79 Å². The van der Waals surface area contributed by atoms with Gasteiger partial charge in [-0.05, 0) is 37.0 Å². The molecule has 1 aromatic rings. The van der Waals surface area contributed by atoms with Crippen molar-refractivity contribution < 1.29 is 23.1 Å². The Bertz CT molecular complexity index is 528. The molecule has 0 amide bonds. The molecule has 0 aromatic heterocycles. The summed E-state index contributed by atoms with van der Waals surface area (Å²) in [5.74, 6) is -0.912. The van der Waals surface area contributed by atoms with E-state index in [0.717, 1.165) is 43.9 Å². The van der Waals surface area contributed by atoms with Gasteiger partial charge in [0.25, 0.3) is 0 Å². The summed E-state index contributed by atoms with van der Waals surface area (Å²) in [4.78, 5) is 11.2. The van der Waals surface area contributed by atoms with E-state index in [4.69, 9.17) is 5.11 Å². The molecule has 0 radical (unpaired) electrons. The van der Waals surface area contributed by atoms with Crippen molar-refractivity contribution in [1.82, 2.24) is 0 Å². The molecule has 0 spiro atoms. The van der Waals surface area contributed by atoms with E-state index in [-0.39, 0.29) is 17.3 Å². The van der Waals surface area contributed by atoms with Crippen LogP contribution < -0.4 is 5.32 Å². The van der Waals surface area contributed by atoms with Gasteiger partial charge in [0.15, 0.2) is 0 Å². The van der Waals surface area contributed by atoms with Crippen molar-refractivity contribution in [2.45, 2.75) is 44.8 Å². The highest BCUT2D eigenvalue weighted by Gasteiger charge is 2.32. The van der Waals surface area contributed by atoms with E-state index < -0.39 is 17.7 Å². The highest BCUT2D eigenvalue weighted by Crippen LogP contribution is 2.34. The molecule has 1 aliphatic rings. The Morgan fingerprint density at radius 3 is 2.52 bits per heavy atom. The van der Waals surface area contributed by atoms with E-state index in [9.17, 15) is 18.0 Å². The third-order valence-electron chi connectivity index (χ3n) is 4.03. The normalized spacial score (nSPS) is 22.9. The minimum Gasteiger partial charge on any atom is -0.478 e. The highest BCUT2D eigenvalue weighted by molar-refractivity contribution is 5.94. The second-order valence-electron chi connectivity index (χ2n) is 5.58. The molecule has 1 saturated carbocycles. The van der Waals surface area contributed by atoms with Crippen molar-refractivity contribution in [1.29, 1.82) is 0 Å². The second kappa shape index (κ2) is 5.95. The van der Waals surface area contributed by atoms with Crippen LogP contribution in [-0.2, 0) is 6.18 Å². The van der Waals surface area contributed by atoms with Gasteiger partial charge in [0.05, 0.1) is 11.1 Å². The lowest BCUT2D eigenvalue weighted by atomic mass is 9.85. The summed E-state index contributed by atoms with van der Waals surface area (Å²) in [6.45, 7) is 2.03. The molecule has 0 saturated heterocycles. The molecular formula is C15H18F3NO2. The molecule has 6 heteroatoms. The fourth-order valence-corrected chi connectivity index (χ4v) is 2.76. The number of alkyl halides is 3. The van der Waals surface area contributed by atoms with Crippen LogP contribution in [0.5, 0.6) is 0 Å². The lowest BCUT2D eigenvalue weighted by Gasteiger charge is -2.31. The van der Waals surface area contributed by atoms with Crippen LogP contribution in [0.3, 0.4) is 0 Å². The van der Waals surface area contributed by atoms with Crippen molar-refractivity contribution in [2.24, 2.45) is 5.92 Å². The monoisotopic (exact) mass is 301 g/mol. The summed E-state index contributed by atoms with van der Waals surface area (Å²) >= 11 is 0. The van der Waals surface area contributed by atoms with Crippen LogP contribution in [-0.4, -0.2) is 17.1 Å². The summed E-state index contributed by atoms with van der Waals surface area (Å²) in [5, 5.41) is 12.1. The Balaban J connectivity index is 2.32. The summed E-state index contributed by atoms with van der Waals surface area (Å²) in [7, 11) is 0. The van der Waals surface area contributed by atoms with Crippen LogP contribution in [0.1, 0.15) is 48.5 Å². The summed E-state index contributed by atoms with van der Waals surface area (Å²) in [6, 6.07) is 2.73. The largest absolute Gasteiger partial charge is 0.478 e. The van der Waals surface area contributed by atoms with Gasteiger partial charge in [-0.1, -0.05) is 19.8 Å². The molecule has 1 aliphatic carbocycles. The average Bonchev–Trinajstić information content (AvgIpc) is 2.40. The van der Waals surface area contributed by atoms with Gasteiger partial charge >= 0.3 is 12.1 Å². The summed E-state index contributed by atoms with van der Waals surface area (Å²) in [5.41, 5.74) is -0.907. The van der Waals surface area contributed by atoms with E-state index >= 15 is 0 Å². The van der Waals surface area contributed by atoms with E-state index in [1.807, 2.05) is 6.92 Å². The van der Waals surface area contributed by atoms with Crippen molar-refractivity contribution in [3.05, 3.63) is 29.3 Å². The zero-order chi connectivity index (χ0) is 15.6. The Kier molecular flexibility index (Phi) is 4.44. The molecule has 0 aliphatic heterocycles. The first-order valence-corrected chi connectivity index (χ1v) is 7.00. The lowest BCUT2D eigenvalue weighted by molar-refractivity contribution is -0.137. The number of anilines is 1. The molecule has 3 nitrogen and oxygen atoms in total. The molecular weight excluding hydrogens is 283 g/mol. The maximum Gasteiger partial charge on any atom is 0.416 e. The van der Waals surface area contributed by atoms with E-state index in [2.05, 4.69) is 5.32 Å². The predicted octanol–water partition coefficient (Wildman–Crippen LogP) is 4.39. The van der Waals surface area contributed by atoms with Crippen molar-refractivity contribution in [2.75, 3.05) is 5.32 Å². The Morgan fingerprint density at radius 2 is 1.95 bits per heavy atom. The number of carboxylic acid groups (broad SMARTS) is 1. The van der Waals surface area contributed by atoms with E-state index in [1.165, 1.54) is 0 Å². The smallest absolute Gasteiger partial charge is 0.416 e. The van der Waals surface area contributed by atoms with Gasteiger partial charge in [0, 0.05) is 11.7 Å². The third-order valence-corrected chi connectivity index (χ3v) is 4.03. The van der Waals surface area contributed by atoms with Gasteiger partial charge < -0.3 is 10.4 Å². The minimum atomic E-state index is -4.48. The zero-order valence-electron chi connectivity index (χ0n) is 11.7. The second-order valence-corrected chi connectivity index (χ2v) is 5.58. The first kappa shape index (κ1) is 15.7. The number of hydrogen-bond acceptors (Lipinski definition) is 2. The molecule has 0 bridgehead atoms. The standard InChI is InChI=1S/C15H18F3NO2/c1-9-4-2-3-5-12(9)19-13-8-10(15(16,17)18)6-7-11(13)14(20)21/h6-9,12,19H,2-5H2,1H3,(H,20,21). The number of aromatic carboxylic acids is 1. The van der Waals surface area contributed by atoms with E-state index in [1.54, 1.807) is 0 Å². The molecule has 2 unspecified atom stereocenters. The maximum atomic E-state index is 12.8. The van der Waals surface area contributed by atoms with Gasteiger partial charge in [-0.2, -0.15) is 13.2 Å². The molecule has 116 valence electrons. The molecule has 0 heterocycles. The van der Waals surface area contributed by atoms with Crippen LogP contribution in [0, 0.1) is 5.92 Å². The maximum absolute atomic E-state index is 12.8. The summed E-state index contributed by atoms with van der Waals surface area (Å²) in [6.07, 6.45) is -0.530. The predicted molar refractivity (Wildman–Crippen MR) is 73.4 cm³/mol. The van der Waals surface area contributed by atoms with Crippen LogP contribution >= 0.6 is 0 Å². The lowest BCUT2D eigenvalue weighted by Crippen LogP contribution is -2.31. The number of benzene rings is 1. The molecule has 2 N–H and O–H groups in total. The van der Waals surface area contributed by atoms with Crippen LogP contribution in [0.25, 0.3) is 0 Å². The first-order chi connectivity index (χ1) is 9.79. The van der Waals surface area contributed by atoms with Crippen molar-refractivity contribution in [3.63, 3.8) is 0 Å². The quantitative estimate of drug-likeness (QED) is 0.870. The molecule has 21 heavy (non-hydrogen) atoms. The van der Waals surface area contributed by atoms with Gasteiger partial charge in [-0.15, -0.1) is 0 Å². The fraction of sp³-hybridized carbons (Fsp3) is 0.533. The topological polar surface area (TPSA) is 49.3 Å². The SMILES string of the molecule is CC1CCCCC1Nc1cc(C(F)(F)F)ccc1C(=O)O. The zero-order valence-corrected chi connectivity index (χ0v) is 11.7. The number of rotatable bonds is 3. The number of halogens is 3. The number of hydrogen-bond donors (Lipinski definition) is 2. The van der Waals surface area contributed by atoms with Gasteiger partial charge in [0.2, 0.25) is 0 Å².